The van der Waals surface area contributed by atoms with Gasteiger partial charge in [-0.2, -0.15) is 0 Å². The molecule has 9 heteroatoms. The Bertz CT molecular complexity index is 1180. The van der Waals surface area contributed by atoms with Gasteiger partial charge in [-0.05, 0) is 74.9 Å². The normalized spacial score (nSPS) is 12.9. The summed E-state index contributed by atoms with van der Waals surface area (Å²) >= 11 is 0. The summed E-state index contributed by atoms with van der Waals surface area (Å²) in [6.45, 7) is 10.1. The lowest BCUT2D eigenvalue weighted by atomic mass is 10.1. The number of nitrogens with one attached hydrogen (secondary N) is 1. The SMILES string of the molecule is CCC(C)NC(=O)C(CC)N(Cc1ccc(OC)cc1)C(=O)CCCN(c1cccc(C)c1C)S(C)(=O)=O. The van der Waals surface area contributed by atoms with E-state index in [0.717, 1.165) is 23.1 Å². The molecule has 2 rings (SSSR count). The molecular formula is C29H43N3O5S. The van der Waals surface area contributed by atoms with Crippen LogP contribution >= 0.6 is 0 Å². The van der Waals surface area contributed by atoms with E-state index in [-0.39, 0.29) is 37.4 Å². The molecule has 0 bridgehead atoms. The number of amides is 2. The highest BCUT2D eigenvalue weighted by Gasteiger charge is 2.29. The molecule has 0 aromatic heterocycles. The second-order valence-corrected chi connectivity index (χ2v) is 11.7. The first-order valence-electron chi connectivity index (χ1n) is 13.2. The average molecular weight is 546 g/mol. The average Bonchev–Trinajstić information content (AvgIpc) is 2.87. The van der Waals surface area contributed by atoms with Gasteiger partial charge >= 0.3 is 0 Å². The van der Waals surface area contributed by atoms with Crippen molar-refractivity contribution in [1.82, 2.24) is 10.2 Å². The lowest BCUT2D eigenvalue weighted by molar-refractivity contribution is -0.141. The first-order chi connectivity index (χ1) is 17.9. The van der Waals surface area contributed by atoms with Crippen molar-refractivity contribution in [2.24, 2.45) is 0 Å². The van der Waals surface area contributed by atoms with Crippen LogP contribution in [-0.2, 0) is 26.2 Å². The zero-order valence-corrected chi connectivity index (χ0v) is 24.6. The topological polar surface area (TPSA) is 96.0 Å². The van der Waals surface area contributed by atoms with Gasteiger partial charge in [-0.25, -0.2) is 8.42 Å². The maximum Gasteiger partial charge on any atom is 0.243 e. The van der Waals surface area contributed by atoms with E-state index in [1.54, 1.807) is 18.1 Å². The summed E-state index contributed by atoms with van der Waals surface area (Å²) in [4.78, 5) is 28.3. The highest BCUT2D eigenvalue weighted by Crippen LogP contribution is 2.26. The minimum absolute atomic E-state index is 0.00428. The summed E-state index contributed by atoms with van der Waals surface area (Å²) in [5.41, 5.74) is 3.38. The highest BCUT2D eigenvalue weighted by molar-refractivity contribution is 7.92. The molecule has 2 unspecified atom stereocenters. The first kappa shape index (κ1) is 31.1. The van der Waals surface area contributed by atoms with Gasteiger partial charge in [-0.15, -0.1) is 0 Å². The molecule has 0 fully saturated rings. The Morgan fingerprint density at radius 2 is 1.68 bits per heavy atom. The van der Waals surface area contributed by atoms with Crippen molar-refractivity contribution < 1.29 is 22.7 Å². The molecule has 2 atom stereocenters. The van der Waals surface area contributed by atoms with Crippen molar-refractivity contribution in [2.75, 3.05) is 24.2 Å². The summed E-state index contributed by atoms with van der Waals surface area (Å²) in [7, 11) is -1.96. The molecule has 0 spiro atoms. The van der Waals surface area contributed by atoms with Crippen LogP contribution in [0.1, 0.15) is 63.1 Å². The Morgan fingerprint density at radius 1 is 1.03 bits per heavy atom. The molecule has 0 saturated carbocycles. The van der Waals surface area contributed by atoms with Gasteiger partial charge in [-0.3, -0.25) is 13.9 Å². The lowest BCUT2D eigenvalue weighted by Crippen LogP contribution is -2.50. The van der Waals surface area contributed by atoms with Gasteiger partial charge < -0.3 is 15.0 Å². The number of hydrogen-bond acceptors (Lipinski definition) is 5. The fourth-order valence-corrected chi connectivity index (χ4v) is 5.29. The molecule has 2 aromatic rings. The van der Waals surface area contributed by atoms with E-state index in [9.17, 15) is 18.0 Å². The van der Waals surface area contributed by atoms with Crippen molar-refractivity contribution in [3.63, 3.8) is 0 Å². The van der Waals surface area contributed by atoms with E-state index in [1.165, 1.54) is 10.6 Å². The van der Waals surface area contributed by atoms with Crippen molar-refractivity contribution >= 4 is 27.5 Å². The molecule has 0 aliphatic rings. The minimum atomic E-state index is -3.55. The van der Waals surface area contributed by atoms with Crippen LogP contribution < -0.4 is 14.4 Å². The van der Waals surface area contributed by atoms with Crippen LogP contribution in [0.3, 0.4) is 0 Å². The zero-order chi connectivity index (χ0) is 28.5. The van der Waals surface area contributed by atoms with Gasteiger partial charge in [0, 0.05) is 25.6 Å². The van der Waals surface area contributed by atoms with Crippen LogP contribution in [0, 0.1) is 13.8 Å². The van der Waals surface area contributed by atoms with Gasteiger partial charge in [0.2, 0.25) is 21.8 Å². The first-order valence-corrected chi connectivity index (χ1v) is 15.0. The van der Waals surface area contributed by atoms with E-state index in [2.05, 4.69) is 5.32 Å². The molecule has 38 heavy (non-hydrogen) atoms. The number of aryl methyl sites for hydroxylation is 1. The molecule has 2 aromatic carbocycles. The monoisotopic (exact) mass is 545 g/mol. The Labute approximate surface area is 228 Å². The third-order valence-electron chi connectivity index (χ3n) is 6.90. The number of nitrogens with zero attached hydrogens (tertiary/aromatic N) is 2. The van der Waals surface area contributed by atoms with E-state index in [1.807, 2.05) is 71.0 Å². The molecule has 1 N–H and O–H groups in total. The van der Waals surface area contributed by atoms with E-state index >= 15 is 0 Å². The number of ether oxygens (including phenoxy) is 1. The summed E-state index contributed by atoms with van der Waals surface area (Å²) in [6.07, 6.45) is 2.86. The highest BCUT2D eigenvalue weighted by atomic mass is 32.2. The van der Waals surface area contributed by atoms with Gasteiger partial charge in [0.05, 0.1) is 19.1 Å². The number of carbonyl (C=O) groups excluding carboxylic acids is 2. The number of carbonyl (C=O) groups is 2. The number of methoxy groups -OCH3 is 1. The smallest absolute Gasteiger partial charge is 0.243 e. The Morgan fingerprint density at radius 3 is 2.24 bits per heavy atom. The van der Waals surface area contributed by atoms with Crippen LogP contribution in [0.2, 0.25) is 0 Å². The van der Waals surface area contributed by atoms with Crippen LogP contribution in [-0.4, -0.2) is 57.1 Å². The predicted octanol–water partition coefficient (Wildman–Crippen LogP) is 4.58. The van der Waals surface area contributed by atoms with Crippen LogP contribution in [0.4, 0.5) is 5.69 Å². The standard InChI is InChI=1S/C29H43N3O5S/c1-8-22(4)30-29(34)26(9-2)31(20-24-15-17-25(37-6)18-16-24)28(33)14-11-19-32(38(7,35)36)27-13-10-12-21(3)23(27)5/h10,12-13,15-18,22,26H,8-9,11,14,19-20H2,1-7H3,(H,30,34). The molecule has 8 nitrogen and oxygen atoms in total. The van der Waals surface area contributed by atoms with E-state index in [0.29, 0.717) is 24.3 Å². The summed E-state index contributed by atoms with van der Waals surface area (Å²) < 4.78 is 31.9. The molecule has 0 saturated heterocycles. The van der Waals surface area contributed by atoms with Crippen molar-refractivity contribution in [2.45, 2.75) is 78.9 Å². The van der Waals surface area contributed by atoms with E-state index < -0.39 is 16.1 Å². The van der Waals surface area contributed by atoms with Gasteiger partial charge in [-0.1, -0.05) is 38.1 Å². The van der Waals surface area contributed by atoms with Crippen LogP contribution in [0.5, 0.6) is 5.75 Å². The second kappa shape index (κ2) is 14.2. The van der Waals surface area contributed by atoms with Gasteiger partial charge in [0.1, 0.15) is 11.8 Å². The van der Waals surface area contributed by atoms with Crippen molar-refractivity contribution in [3.8, 4) is 5.75 Å². The summed E-state index contributed by atoms with van der Waals surface area (Å²) in [5.74, 6) is 0.332. The van der Waals surface area contributed by atoms with E-state index in [4.69, 9.17) is 4.74 Å². The molecule has 0 radical (unpaired) electrons. The maximum atomic E-state index is 13.6. The van der Waals surface area contributed by atoms with Crippen molar-refractivity contribution in [3.05, 3.63) is 59.2 Å². The maximum absolute atomic E-state index is 13.6. The predicted molar refractivity (Wildman–Crippen MR) is 153 cm³/mol. The number of hydrogen-bond donors (Lipinski definition) is 1. The lowest BCUT2D eigenvalue weighted by Gasteiger charge is -2.32. The Hall–Kier alpha value is -3.07. The fraction of sp³-hybridized carbons (Fsp3) is 0.517. The molecule has 210 valence electrons. The molecular weight excluding hydrogens is 502 g/mol. The second-order valence-electron chi connectivity index (χ2n) is 9.77. The third-order valence-corrected chi connectivity index (χ3v) is 8.08. The molecule has 0 heterocycles. The number of rotatable bonds is 14. The largest absolute Gasteiger partial charge is 0.497 e. The summed E-state index contributed by atoms with van der Waals surface area (Å²) in [5, 5.41) is 3.01. The zero-order valence-electron chi connectivity index (χ0n) is 23.8. The molecule has 0 aliphatic heterocycles. The number of sulfonamides is 1. The quantitative estimate of drug-likeness (QED) is 0.375. The molecule has 0 aliphatic carbocycles. The van der Waals surface area contributed by atoms with Gasteiger partial charge in [0.15, 0.2) is 0 Å². The third kappa shape index (κ3) is 8.48. The minimum Gasteiger partial charge on any atom is -0.497 e. The Kier molecular flexibility index (Phi) is 11.6. The summed E-state index contributed by atoms with van der Waals surface area (Å²) in [6, 6.07) is 12.3. The number of anilines is 1. The fourth-order valence-electron chi connectivity index (χ4n) is 4.28. The van der Waals surface area contributed by atoms with Gasteiger partial charge in [0.25, 0.3) is 0 Å². The van der Waals surface area contributed by atoms with Crippen molar-refractivity contribution in [1.29, 1.82) is 0 Å². The number of benzene rings is 2. The van der Waals surface area contributed by atoms with Crippen LogP contribution in [0.25, 0.3) is 0 Å². The van der Waals surface area contributed by atoms with Crippen LogP contribution in [0.15, 0.2) is 42.5 Å². The molecule has 2 amide bonds. The Balaban J connectivity index is 2.26.